The van der Waals surface area contributed by atoms with Crippen molar-refractivity contribution in [3.63, 3.8) is 0 Å². The van der Waals surface area contributed by atoms with Crippen LogP contribution in [-0.2, 0) is 4.74 Å². The lowest BCUT2D eigenvalue weighted by Gasteiger charge is -2.23. The van der Waals surface area contributed by atoms with Gasteiger partial charge in [0.25, 0.3) is 5.56 Å². The van der Waals surface area contributed by atoms with Crippen molar-refractivity contribution < 1.29 is 4.74 Å². The molecule has 0 bridgehead atoms. The van der Waals surface area contributed by atoms with E-state index in [-0.39, 0.29) is 16.6 Å². The van der Waals surface area contributed by atoms with Gasteiger partial charge in [-0.3, -0.25) is 4.79 Å². The van der Waals surface area contributed by atoms with Crippen LogP contribution >= 0.6 is 11.6 Å². The summed E-state index contributed by atoms with van der Waals surface area (Å²) in [4.78, 5) is 12.0. The van der Waals surface area contributed by atoms with Crippen LogP contribution in [0.3, 0.4) is 0 Å². The van der Waals surface area contributed by atoms with Crippen LogP contribution in [0.15, 0.2) is 11.0 Å². The minimum atomic E-state index is -0.268. The highest BCUT2D eigenvalue weighted by Gasteiger charge is 2.13. The number of nitrogens with zero attached hydrogens (tertiary/aromatic N) is 2. The third-order valence-corrected chi connectivity index (χ3v) is 3.86. The Kier molecular flexibility index (Phi) is 6.02. The molecule has 1 aliphatic rings. The monoisotopic (exact) mass is 314 g/mol. The fourth-order valence-electron chi connectivity index (χ4n) is 2.31. The maximum atomic E-state index is 12.0. The molecule has 0 unspecified atom stereocenters. The van der Waals surface area contributed by atoms with Crippen LogP contribution in [0.5, 0.6) is 0 Å². The van der Waals surface area contributed by atoms with Gasteiger partial charge in [-0.15, -0.1) is 0 Å². The van der Waals surface area contributed by atoms with Crippen LogP contribution in [0.25, 0.3) is 0 Å². The number of halogens is 1. The Morgan fingerprint density at radius 2 is 2.24 bits per heavy atom. The smallest absolute Gasteiger partial charge is 0.287 e. The topological polar surface area (TPSA) is 68.2 Å². The van der Waals surface area contributed by atoms with Gasteiger partial charge in [0.2, 0.25) is 0 Å². The third kappa shape index (κ3) is 4.43. The maximum Gasteiger partial charge on any atom is 0.287 e. The maximum absolute atomic E-state index is 12.0. The Morgan fingerprint density at radius 1 is 1.52 bits per heavy atom. The molecule has 0 spiro atoms. The Bertz CT molecular complexity index is 512. The quantitative estimate of drug-likeness (QED) is 0.782. The SMILES string of the molecule is CC(C)n1ncc(NCCOC2CCNCC2)c(Cl)c1=O. The number of anilines is 1. The molecule has 0 saturated carbocycles. The predicted octanol–water partition coefficient (Wildman–Crippen LogP) is 1.66. The second kappa shape index (κ2) is 7.77. The molecule has 7 heteroatoms. The van der Waals surface area contributed by atoms with E-state index in [4.69, 9.17) is 16.3 Å². The van der Waals surface area contributed by atoms with Gasteiger partial charge in [-0.05, 0) is 39.8 Å². The Morgan fingerprint density at radius 3 is 2.90 bits per heavy atom. The van der Waals surface area contributed by atoms with Crippen molar-refractivity contribution in [1.29, 1.82) is 0 Å². The molecule has 0 radical (unpaired) electrons. The van der Waals surface area contributed by atoms with Crippen molar-refractivity contribution in [2.75, 3.05) is 31.6 Å². The van der Waals surface area contributed by atoms with Crippen LogP contribution in [0.2, 0.25) is 5.02 Å². The van der Waals surface area contributed by atoms with E-state index in [9.17, 15) is 4.79 Å². The van der Waals surface area contributed by atoms with Gasteiger partial charge in [0.05, 0.1) is 30.6 Å². The van der Waals surface area contributed by atoms with Crippen LogP contribution in [0.1, 0.15) is 32.7 Å². The zero-order valence-corrected chi connectivity index (χ0v) is 13.3. The first-order valence-corrected chi connectivity index (χ1v) is 7.81. The average Bonchev–Trinajstić information content (AvgIpc) is 2.48. The summed E-state index contributed by atoms with van der Waals surface area (Å²) < 4.78 is 7.16. The molecule has 1 saturated heterocycles. The number of aromatic nitrogens is 2. The highest BCUT2D eigenvalue weighted by atomic mass is 35.5. The first-order valence-electron chi connectivity index (χ1n) is 7.43. The highest BCUT2D eigenvalue weighted by molar-refractivity contribution is 6.32. The van der Waals surface area contributed by atoms with Gasteiger partial charge in [-0.2, -0.15) is 5.10 Å². The van der Waals surface area contributed by atoms with E-state index in [0.717, 1.165) is 25.9 Å². The normalized spacial score (nSPS) is 16.4. The van der Waals surface area contributed by atoms with Crippen molar-refractivity contribution in [3.05, 3.63) is 21.6 Å². The molecule has 2 rings (SSSR count). The lowest BCUT2D eigenvalue weighted by molar-refractivity contribution is 0.0394. The second-order valence-corrected chi connectivity index (χ2v) is 5.84. The van der Waals surface area contributed by atoms with Gasteiger partial charge in [0.15, 0.2) is 0 Å². The summed E-state index contributed by atoms with van der Waals surface area (Å²) in [7, 11) is 0. The number of hydrogen-bond donors (Lipinski definition) is 2. The lowest BCUT2D eigenvalue weighted by Crippen LogP contribution is -2.33. The number of rotatable bonds is 6. The fourth-order valence-corrected chi connectivity index (χ4v) is 2.51. The van der Waals surface area contributed by atoms with Gasteiger partial charge >= 0.3 is 0 Å². The molecular weight excluding hydrogens is 292 g/mol. The summed E-state index contributed by atoms with van der Waals surface area (Å²) in [5.74, 6) is 0. The summed E-state index contributed by atoms with van der Waals surface area (Å²) in [6.45, 7) is 7.02. The largest absolute Gasteiger partial charge is 0.380 e. The summed E-state index contributed by atoms with van der Waals surface area (Å²) in [6, 6.07) is -0.00713. The molecule has 0 atom stereocenters. The summed E-state index contributed by atoms with van der Waals surface area (Å²) >= 11 is 6.09. The minimum absolute atomic E-state index is 0.00713. The molecule has 1 aromatic heterocycles. The van der Waals surface area contributed by atoms with Crippen molar-refractivity contribution in [3.8, 4) is 0 Å². The van der Waals surface area contributed by atoms with Crippen LogP contribution in [-0.4, -0.2) is 42.1 Å². The number of piperidine rings is 1. The zero-order chi connectivity index (χ0) is 15.2. The average molecular weight is 315 g/mol. The number of nitrogens with one attached hydrogen (secondary N) is 2. The van der Waals surface area contributed by atoms with Gasteiger partial charge in [-0.25, -0.2) is 4.68 Å². The van der Waals surface area contributed by atoms with Gasteiger partial charge < -0.3 is 15.4 Å². The van der Waals surface area contributed by atoms with Gasteiger partial charge in [0.1, 0.15) is 5.02 Å². The Balaban J connectivity index is 1.83. The van der Waals surface area contributed by atoms with Gasteiger partial charge in [0, 0.05) is 6.54 Å². The zero-order valence-electron chi connectivity index (χ0n) is 12.6. The molecule has 2 N–H and O–H groups in total. The third-order valence-electron chi connectivity index (χ3n) is 3.49. The number of hydrogen-bond acceptors (Lipinski definition) is 5. The molecule has 1 aromatic rings. The van der Waals surface area contributed by atoms with Crippen LogP contribution < -0.4 is 16.2 Å². The van der Waals surface area contributed by atoms with E-state index in [2.05, 4.69) is 15.7 Å². The summed E-state index contributed by atoms with van der Waals surface area (Å²) in [5, 5.41) is 10.7. The lowest BCUT2D eigenvalue weighted by atomic mass is 10.1. The molecule has 2 heterocycles. The predicted molar refractivity (Wildman–Crippen MR) is 84.2 cm³/mol. The molecule has 21 heavy (non-hydrogen) atoms. The van der Waals surface area contributed by atoms with E-state index in [1.165, 1.54) is 4.68 Å². The first-order chi connectivity index (χ1) is 10.1. The molecule has 1 aliphatic heterocycles. The molecule has 118 valence electrons. The Hall–Kier alpha value is -1.11. The summed E-state index contributed by atoms with van der Waals surface area (Å²) in [6.07, 6.45) is 4.02. The van der Waals surface area contributed by atoms with E-state index >= 15 is 0 Å². The number of ether oxygens (including phenoxy) is 1. The molecule has 0 amide bonds. The van der Waals surface area contributed by atoms with Crippen molar-refractivity contribution in [2.24, 2.45) is 0 Å². The second-order valence-electron chi connectivity index (χ2n) is 5.46. The first kappa shape index (κ1) is 16.3. The van der Waals surface area contributed by atoms with Gasteiger partial charge in [-0.1, -0.05) is 11.6 Å². The Labute approximate surface area is 129 Å². The summed E-state index contributed by atoms with van der Waals surface area (Å²) in [5.41, 5.74) is 0.295. The van der Waals surface area contributed by atoms with Crippen molar-refractivity contribution >= 4 is 17.3 Å². The minimum Gasteiger partial charge on any atom is -0.380 e. The molecule has 1 fully saturated rings. The van der Waals surface area contributed by atoms with Crippen LogP contribution in [0.4, 0.5) is 5.69 Å². The van der Waals surface area contributed by atoms with Crippen molar-refractivity contribution in [1.82, 2.24) is 15.1 Å². The van der Waals surface area contributed by atoms with E-state index in [1.807, 2.05) is 13.8 Å². The van der Waals surface area contributed by atoms with Crippen LogP contribution in [0, 0.1) is 0 Å². The molecule has 0 aromatic carbocycles. The molecule has 0 aliphatic carbocycles. The van der Waals surface area contributed by atoms with E-state index in [1.54, 1.807) is 6.20 Å². The molecular formula is C14H23ClN4O2. The van der Waals surface area contributed by atoms with Crippen molar-refractivity contribution in [2.45, 2.75) is 38.8 Å². The van der Waals surface area contributed by atoms with E-state index < -0.39 is 0 Å². The molecule has 6 nitrogen and oxygen atoms in total. The standard InChI is InChI=1S/C14H23ClN4O2/c1-10(2)19-14(20)13(15)12(9-18-19)17-7-8-21-11-3-5-16-6-4-11/h9-11,16-17H,3-8H2,1-2H3. The van der Waals surface area contributed by atoms with E-state index in [0.29, 0.717) is 24.9 Å². The fraction of sp³-hybridized carbons (Fsp3) is 0.714. The highest BCUT2D eigenvalue weighted by Crippen LogP contribution is 2.16.